The van der Waals surface area contributed by atoms with Gasteiger partial charge in [-0.15, -0.1) is 0 Å². The lowest BCUT2D eigenvalue weighted by Crippen LogP contribution is -2.41. The molecule has 0 spiro atoms. The minimum Gasteiger partial charge on any atom is -0.502 e. The summed E-state index contributed by atoms with van der Waals surface area (Å²) in [6, 6.07) is 31.2. The van der Waals surface area contributed by atoms with Gasteiger partial charge >= 0.3 is 30.6 Å². The molecule has 0 saturated heterocycles. The number of carbonyl (C=O) groups excluding carboxylic acids is 1. The molecule has 6 aromatic carbocycles. The fourth-order valence-electron chi connectivity index (χ4n) is 10.4. The SMILES string of the molecule is C=COCCCC.CC(=O)c1cc2c(c3ncccc13)NS(=O)(=O)N(C)C2c1ccc(F)cc1.CC(O)c1cc2c(c3ncccc13)NS(=O)(=O)N(C)C2c1ccc(F)cc1.CN1C(c2ccc(F)cc2)c2cc(Br)c3cccnc3c2NS1(=O)=O. The highest BCUT2D eigenvalue weighted by atomic mass is 79.9. The maximum atomic E-state index is 13.4. The maximum absolute atomic E-state index is 13.4. The summed E-state index contributed by atoms with van der Waals surface area (Å²) in [7, 11) is -7.02. The van der Waals surface area contributed by atoms with Crippen LogP contribution in [0.1, 0.15) is 107 Å². The Morgan fingerprint density at radius 3 is 1.36 bits per heavy atom. The number of aromatic nitrogens is 3. The largest absolute Gasteiger partial charge is 0.502 e. The number of benzene rings is 6. The van der Waals surface area contributed by atoms with Gasteiger partial charge < -0.3 is 9.84 Å². The van der Waals surface area contributed by atoms with Crippen LogP contribution in [0.5, 0.6) is 0 Å². The third-order valence-electron chi connectivity index (χ3n) is 14.7. The molecule has 0 amide bonds. The smallest absolute Gasteiger partial charge is 0.302 e. The number of carbonyl (C=O) groups is 1. The van der Waals surface area contributed by atoms with Gasteiger partial charge in [-0.1, -0.05) is 90.5 Å². The zero-order valence-electron chi connectivity index (χ0n) is 47.2. The van der Waals surface area contributed by atoms with Gasteiger partial charge in [0.25, 0.3) is 0 Å². The first-order valence-corrected chi connectivity index (χ1v) is 31.9. The van der Waals surface area contributed by atoms with E-state index in [2.05, 4.69) is 58.6 Å². The molecule has 0 fully saturated rings. The molecule has 3 aliphatic rings. The number of ketones is 1. The van der Waals surface area contributed by atoms with Crippen molar-refractivity contribution in [2.24, 2.45) is 0 Å². The van der Waals surface area contributed by atoms with Gasteiger partial charge in [0.2, 0.25) is 0 Å². The standard InChI is InChI=1S/C19H18FN3O3S.C19H16FN3O3S.C17H13BrFN3O2S.C6H12O/c2*1-11(24)15-10-16-18(17-14(15)4-3-9-21-17)22-27(25,26)23(2)19(16)12-5-7-13(20)8-6-12;1-22-17(10-4-6-11(19)7-5-10)13-9-14(18)12-3-2-8-20-15(12)16(13)21-25(22,23)24;1-3-5-6-7-4-2/h3-11,19,22,24H,1-2H3;3-10,19,22H,1-2H3;2-9,17,21H,1H3;4H,2-3,5-6H2,1H3. The molecule has 4 atom stereocenters. The number of pyridine rings is 3. The summed E-state index contributed by atoms with van der Waals surface area (Å²) in [4.78, 5) is 25.2. The second-order valence-corrected chi connectivity index (χ2v) is 26.2. The van der Waals surface area contributed by atoms with Gasteiger partial charge in [-0.25, -0.2) is 13.2 Å². The number of fused-ring (bicyclic) bond motifs is 9. The van der Waals surface area contributed by atoms with E-state index in [0.717, 1.165) is 28.5 Å². The van der Waals surface area contributed by atoms with Crippen LogP contribution in [0.3, 0.4) is 0 Å². The predicted molar refractivity (Wildman–Crippen MR) is 330 cm³/mol. The number of Topliss-reactive ketones (excluding diaryl/α,β-unsaturated/α-hetero) is 1. The van der Waals surface area contributed by atoms with E-state index in [1.165, 1.54) is 102 Å². The number of nitrogens with one attached hydrogen (secondary N) is 3. The van der Waals surface area contributed by atoms with Crippen molar-refractivity contribution in [3.05, 3.63) is 225 Å². The van der Waals surface area contributed by atoms with Crippen LogP contribution in [0, 0.1) is 17.5 Å². The summed E-state index contributed by atoms with van der Waals surface area (Å²) in [5.74, 6) is -1.33. The van der Waals surface area contributed by atoms with Crippen molar-refractivity contribution in [1.29, 1.82) is 0 Å². The quantitative estimate of drug-likeness (QED) is 0.0600. The Morgan fingerprint density at radius 1 is 0.616 bits per heavy atom. The van der Waals surface area contributed by atoms with Crippen LogP contribution in [0.4, 0.5) is 30.2 Å². The highest BCUT2D eigenvalue weighted by Crippen LogP contribution is 2.47. The molecule has 0 saturated carbocycles. The van der Waals surface area contributed by atoms with E-state index >= 15 is 0 Å². The number of unbranched alkanes of at least 4 members (excludes halogenated alkanes) is 1. The lowest BCUT2D eigenvalue weighted by Gasteiger charge is -2.35. The zero-order valence-corrected chi connectivity index (χ0v) is 51.2. The minimum atomic E-state index is -3.84. The van der Waals surface area contributed by atoms with Crippen molar-refractivity contribution < 1.29 is 53.1 Å². The number of aliphatic hydroxyl groups excluding tert-OH is 1. The molecule has 86 heavy (non-hydrogen) atoms. The minimum absolute atomic E-state index is 0.148. The summed E-state index contributed by atoms with van der Waals surface area (Å²) >= 11 is 3.54. The molecule has 6 heterocycles. The maximum Gasteiger partial charge on any atom is 0.302 e. The first-order chi connectivity index (χ1) is 40.9. The van der Waals surface area contributed by atoms with Gasteiger partial charge in [-0.3, -0.25) is 33.9 Å². The summed E-state index contributed by atoms with van der Waals surface area (Å²) in [5, 5.41) is 12.3. The molecule has 18 nitrogen and oxygen atoms in total. The third-order valence-corrected chi connectivity index (χ3v) is 19.6. The van der Waals surface area contributed by atoms with E-state index in [4.69, 9.17) is 4.74 Å². The number of anilines is 3. The van der Waals surface area contributed by atoms with Gasteiger partial charge in [-0.05, 0) is 115 Å². The molecular formula is C61H59BrF3N9O9S3. The van der Waals surface area contributed by atoms with Crippen molar-refractivity contribution in [3.8, 4) is 0 Å². The van der Waals surface area contributed by atoms with Crippen LogP contribution in [0.25, 0.3) is 32.7 Å². The second kappa shape index (κ2) is 25.6. The number of halogens is 4. The van der Waals surface area contributed by atoms with E-state index in [0.29, 0.717) is 83.3 Å². The van der Waals surface area contributed by atoms with Gasteiger partial charge in [-0.2, -0.15) is 38.2 Å². The lowest BCUT2D eigenvalue weighted by molar-refractivity contribution is 0.101. The van der Waals surface area contributed by atoms with Crippen LogP contribution in [0.2, 0.25) is 0 Å². The van der Waals surface area contributed by atoms with Crippen molar-refractivity contribution in [1.82, 2.24) is 27.9 Å². The van der Waals surface area contributed by atoms with E-state index in [1.807, 2.05) is 12.1 Å². The Morgan fingerprint density at radius 2 is 0.977 bits per heavy atom. The Bertz CT molecular complexity index is 4400. The van der Waals surface area contributed by atoms with Gasteiger partial charge in [0, 0.05) is 82.6 Å². The Kier molecular flexibility index (Phi) is 18.6. The Balaban J connectivity index is 0.000000146. The molecule has 25 heteroatoms. The average Bonchev–Trinajstić information content (AvgIpc) is 1.10. The van der Waals surface area contributed by atoms with E-state index in [1.54, 1.807) is 92.2 Å². The highest BCUT2D eigenvalue weighted by molar-refractivity contribution is 9.10. The molecule has 0 bridgehead atoms. The highest BCUT2D eigenvalue weighted by Gasteiger charge is 2.41. The monoisotopic (exact) mass is 1290 g/mol. The lowest BCUT2D eigenvalue weighted by atomic mass is 9.91. The summed E-state index contributed by atoms with van der Waals surface area (Å²) in [5.41, 5.74) is 7.60. The third kappa shape index (κ3) is 12.7. The van der Waals surface area contributed by atoms with E-state index in [9.17, 15) is 48.3 Å². The number of rotatable bonds is 9. The molecule has 4 N–H and O–H groups in total. The van der Waals surface area contributed by atoms with Crippen molar-refractivity contribution >= 4 is 102 Å². The van der Waals surface area contributed by atoms with Crippen molar-refractivity contribution in [3.63, 3.8) is 0 Å². The van der Waals surface area contributed by atoms with Crippen molar-refractivity contribution in [2.75, 3.05) is 41.9 Å². The van der Waals surface area contributed by atoms with Crippen LogP contribution >= 0.6 is 15.9 Å². The summed E-state index contributed by atoms with van der Waals surface area (Å²) in [6.45, 7) is 9.47. The van der Waals surface area contributed by atoms with Crippen LogP contribution < -0.4 is 14.2 Å². The predicted octanol–water partition coefficient (Wildman–Crippen LogP) is 12.2. The molecular weight excluding hydrogens is 1240 g/mol. The Hall–Kier alpha value is -7.88. The fourth-order valence-corrected chi connectivity index (χ4v) is 14.4. The van der Waals surface area contributed by atoms with E-state index in [-0.39, 0.29) is 11.6 Å². The molecule has 0 radical (unpaired) electrons. The number of nitrogens with zero attached hydrogens (tertiary/aromatic N) is 6. The second-order valence-electron chi connectivity index (χ2n) is 20.2. The van der Waals surface area contributed by atoms with Gasteiger partial charge in [0.1, 0.15) is 17.5 Å². The topological polar surface area (TPSA) is 233 Å². The number of hydrogen-bond donors (Lipinski definition) is 4. The molecule has 12 rings (SSSR count). The number of aliphatic hydroxyl groups is 1. The molecule has 3 aromatic heterocycles. The number of ether oxygens (including phenoxy) is 1. The molecule has 0 aliphatic carbocycles. The normalized spacial score (nSPS) is 18.5. The van der Waals surface area contributed by atoms with Crippen LogP contribution in [0.15, 0.2) is 163 Å². The van der Waals surface area contributed by atoms with E-state index < -0.39 is 66.5 Å². The van der Waals surface area contributed by atoms with Crippen molar-refractivity contribution in [2.45, 2.75) is 57.8 Å². The van der Waals surface area contributed by atoms with Crippen LogP contribution in [-0.4, -0.2) is 91.8 Å². The van der Waals surface area contributed by atoms with Gasteiger partial charge in [0.05, 0.1) is 70.7 Å². The molecule has 3 aliphatic heterocycles. The first kappa shape index (κ1) is 62.6. The first-order valence-electron chi connectivity index (χ1n) is 26.7. The fraction of sp³-hybridized carbons (Fsp3) is 0.213. The Labute approximate surface area is 505 Å². The molecule has 448 valence electrons. The van der Waals surface area contributed by atoms with Crippen LogP contribution in [-0.2, 0) is 35.4 Å². The number of hydrogen-bond acceptors (Lipinski definition) is 12. The summed E-state index contributed by atoms with van der Waals surface area (Å²) < 4.78 is 133. The average molecular weight is 1300 g/mol. The van der Waals surface area contributed by atoms with Gasteiger partial charge in [0.15, 0.2) is 5.78 Å². The zero-order chi connectivity index (χ0) is 62.0. The summed E-state index contributed by atoms with van der Waals surface area (Å²) in [6.07, 6.45) is 7.78. The molecule has 4 unspecified atom stereocenters. The molecule has 9 aromatic rings.